The zero-order chi connectivity index (χ0) is 15.8. The number of aryl methyl sites for hydroxylation is 1. The molecule has 24 heavy (non-hydrogen) atoms. The highest BCUT2D eigenvalue weighted by Crippen LogP contribution is 2.50. The summed E-state index contributed by atoms with van der Waals surface area (Å²) in [4.78, 5) is 5.20. The third kappa shape index (κ3) is 1.49. The fourth-order valence-electron chi connectivity index (χ4n) is 5.18. The highest BCUT2D eigenvalue weighted by Gasteiger charge is 2.37. The van der Waals surface area contributed by atoms with Crippen LogP contribution in [0.15, 0.2) is 42.5 Å². The topological polar surface area (TPSA) is 17.3 Å². The van der Waals surface area contributed by atoms with Gasteiger partial charge in [0.05, 0.1) is 11.2 Å². The molecule has 118 valence electrons. The fourth-order valence-corrected chi connectivity index (χ4v) is 5.18. The van der Waals surface area contributed by atoms with Gasteiger partial charge < -0.3 is 0 Å². The van der Waals surface area contributed by atoms with Gasteiger partial charge in [0.1, 0.15) is 5.65 Å². The van der Waals surface area contributed by atoms with Gasteiger partial charge in [-0.15, -0.1) is 0 Å². The molecule has 2 aromatic carbocycles. The molecule has 2 bridgehead atoms. The maximum Gasteiger partial charge on any atom is 0.145 e. The Hall–Kier alpha value is -2.35. The number of benzene rings is 2. The van der Waals surface area contributed by atoms with Crippen molar-refractivity contribution in [3.63, 3.8) is 0 Å². The van der Waals surface area contributed by atoms with Crippen molar-refractivity contribution in [1.29, 1.82) is 0 Å². The van der Waals surface area contributed by atoms with Crippen molar-refractivity contribution >= 4 is 27.3 Å². The highest BCUT2D eigenvalue weighted by atomic mass is 15.0. The van der Waals surface area contributed by atoms with Crippen LogP contribution in [0.3, 0.4) is 0 Å². The average Bonchev–Trinajstić information content (AvgIpc) is 3.06. The molecule has 0 radical (unpaired) electrons. The number of hydrogen-bond donors (Lipinski definition) is 0. The Kier molecular flexibility index (Phi) is 2.37. The van der Waals surface area contributed by atoms with Gasteiger partial charge in [-0.1, -0.05) is 35.9 Å². The lowest BCUT2D eigenvalue weighted by Crippen LogP contribution is -2.22. The highest BCUT2D eigenvalue weighted by molar-refractivity contribution is 6.12. The number of aromatic nitrogens is 2. The molecule has 2 nitrogen and oxygen atoms in total. The third-order valence-corrected chi connectivity index (χ3v) is 6.29. The van der Waals surface area contributed by atoms with Crippen LogP contribution in [-0.2, 0) is 0 Å². The van der Waals surface area contributed by atoms with Crippen molar-refractivity contribution < 1.29 is 0 Å². The van der Waals surface area contributed by atoms with Crippen molar-refractivity contribution in [1.82, 2.24) is 9.38 Å². The van der Waals surface area contributed by atoms with Gasteiger partial charge in [0.2, 0.25) is 0 Å². The largest absolute Gasteiger partial charge is 0.296 e. The summed E-state index contributed by atoms with van der Waals surface area (Å²) < 4.78 is 2.50. The van der Waals surface area contributed by atoms with E-state index >= 15 is 0 Å². The second-order valence-corrected chi connectivity index (χ2v) is 7.66. The van der Waals surface area contributed by atoms with Gasteiger partial charge in [0.15, 0.2) is 0 Å². The first kappa shape index (κ1) is 13.0. The Morgan fingerprint density at radius 3 is 2.46 bits per heavy atom. The van der Waals surface area contributed by atoms with Crippen LogP contribution in [-0.4, -0.2) is 9.38 Å². The lowest BCUT2D eigenvalue weighted by Gasteiger charge is -2.35. The molecule has 0 spiro atoms. The van der Waals surface area contributed by atoms with E-state index in [4.69, 9.17) is 4.98 Å². The smallest absolute Gasteiger partial charge is 0.145 e. The van der Waals surface area contributed by atoms with Crippen molar-refractivity contribution in [2.45, 2.75) is 44.4 Å². The number of pyridine rings is 1. The Labute approximate surface area is 141 Å². The fraction of sp³-hybridized carbons (Fsp3) is 0.318. The molecule has 3 aliphatic carbocycles. The number of fused-ring (bicyclic) bond motifs is 8. The van der Waals surface area contributed by atoms with E-state index < -0.39 is 0 Å². The Morgan fingerprint density at radius 1 is 0.875 bits per heavy atom. The minimum absolute atomic E-state index is 0.684. The summed E-state index contributed by atoms with van der Waals surface area (Å²) >= 11 is 0. The predicted molar refractivity (Wildman–Crippen MR) is 98.9 cm³/mol. The third-order valence-electron chi connectivity index (χ3n) is 6.29. The van der Waals surface area contributed by atoms with Crippen LogP contribution in [0.25, 0.3) is 27.3 Å². The molecule has 0 amide bonds. The molecule has 7 rings (SSSR count). The van der Waals surface area contributed by atoms with E-state index in [-0.39, 0.29) is 0 Å². The van der Waals surface area contributed by atoms with Crippen LogP contribution in [0.4, 0.5) is 0 Å². The van der Waals surface area contributed by atoms with E-state index in [1.165, 1.54) is 70.0 Å². The van der Waals surface area contributed by atoms with Crippen LogP contribution in [0.5, 0.6) is 0 Å². The van der Waals surface area contributed by atoms with Crippen LogP contribution in [0, 0.1) is 6.92 Å². The van der Waals surface area contributed by atoms with Gasteiger partial charge in [-0.05, 0) is 50.1 Å². The summed E-state index contributed by atoms with van der Waals surface area (Å²) in [5.41, 5.74) is 6.74. The van der Waals surface area contributed by atoms with E-state index in [0.717, 1.165) is 0 Å². The Balaban J connectivity index is 1.91. The number of imidazole rings is 1. The first-order valence-electron chi connectivity index (χ1n) is 9.14. The molecule has 2 heteroatoms. The molecule has 0 saturated heterocycles. The van der Waals surface area contributed by atoms with Crippen molar-refractivity contribution in [2.75, 3.05) is 0 Å². The molecule has 0 atom stereocenters. The van der Waals surface area contributed by atoms with Crippen LogP contribution >= 0.6 is 0 Å². The van der Waals surface area contributed by atoms with Crippen molar-refractivity contribution in [3.8, 4) is 0 Å². The average molecular weight is 312 g/mol. The lowest BCUT2D eigenvalue weighted by atomic mass is 9.71. The van der Waals surface area contributed by atoms with E-state index in [1.54, 1.807) is 0 Å². The molecule has 1 saturated carbocycles. The van der Waals surface area contributed by atoms with E-state index in [1.807, 2.05) is 0 Å². The second kappa shape index (κ2) is 4.38. The molecule has 2 heterocycles. The SMILES string of the molecule is Cc1ccc2c(c1)c1ccccc1c1nc3c(n21)C1CCC3CC1. The first-order valence-corrected chi connectivity index (χ1v) is 9.14. The van der Waals surface area contributed by atoms with Crippen LogP contribution < -0.4 is 0 Å². The van der Waals surface area contributed by atoms with E-state index in [2.05, 4.69) is 53.8 Å². The summed E-state index contributed by atoms with van der Waals surface area (Å²) in [6, 6.07) is 15.7. The van der Waals surface area contributed by atoms with Gasteiger partial charge in [-0.2, -0.15) is 0 Å². The Morgan fingerprint density at radius 2 is 1.62 bits per heavy atom. The van der Waals surface area contributed by atoms with E-state index in [0.29, 0.717) is 11.8 Å². The monoisotopic (exact) mass is 312 g/mol. The molecular formula is C22H20N2. The van der Waals surface area contributed by atoms with Gasteiger partial charge in [0.25, 0.3) is 0 Å². The summed E-state index contributed by atoms with van der Waals surface area (Å²) in [6.45, 7) is 2.18. The van der Waals surface area contributed by atoms with E-state index in [9.17, 15) is 0 Å². The quantitative estimate of drug-likeness (QED) is 0.380. The number of hydrogen-bond acceptors (Lipinski definition) is 1. The minimum Gasteiger partial charge on any atom is -0.296 e. The minimum atomic E-state index is 0.684. The Bertz CT molecular complexity index is 1130. The predicted octanol–water partition coefficient (Wildman–Crippen LogP) is 5.70. The normalized spacial score (nSPS) is 22.5. The summed E-state index contributed by atoms with van der Waals surface area (Å²) in [5.74, 6) is 1.38. The molecule has 0 unspecified atom stereocenters. The zero-order valence-electron chi connectivity index (χ0n) is 13.9. The molecule has 2 aromatic heterocycles. The number of rotatable bonds is 0. The standard InChI is InChI=1S/C22H20N2/c1-13-6-11-19-18(12-13)16-4-2-3-5-17(16)22-23-20-14-7-9-15(10-8-14)21(20)24(19)22/h2-6,11-12,14-15H,7-10H2,1H3. The van der Waals surface area contributed by atoms with Crippen LogP contribution in [0.1, 0.15) is 54.5 Å². The summed E-state index contributed by atoms with van der Waals surface area (Å²) in [6.07, 6.45) is 5.34. The number of nitrogens with zero attached hydrogens (tertiary/aromatic N) is 2. The maximum absolute atomic E-state index is 5.20. The first-order chi connectivity index (χ1) is 11.8. The molecule has 0 N–H and O–H groups in total. The van der Waals surface area contributed by atoms with Gasteiger partial charge >= 0.3 is 0 Å². The molecular weight excluding hydrogens is 292 g/mol. The molecule has 3 aliphatic rings. The van der Waals surface area contributed by atoms with Crippen molar-refractivity contribution in [3.05, 3.63) is 59.4 Å². The van der Waals surface area contributed by atoms with Gasteiger partial charge in [0, 0.05) is 28.3 Å². The van der Waals surface area contributed by atoms with Crippen molar-refractivity contribution in [2.24, 2.45) is 0 Å². The summed E-state index contributed by atoms with van der Waals surface area (Å²) in [7, 11) is 0. The van der Waals surface area contributed by atoms with Gasteiger partial charge in [-0.3, -0.25) is 4.40 Å². The molecule has 4 aromatic rings. The van der Waals surface area contributed by atoms with Gasteiger partial charge in [-0.25, -0.2) is 4.98 Å². The second-order valence-electron chi connectivity index (χ2n) is 7.66. The molecule has 0 aliphatic heterocycles. The summed E-state index contributed by atoms with van der Waals surface area (Å²) in [5, 5.41) is 3.99. The maximum atomic E-state index is 5.20. The molecule has 1 fully saturated rings. The lowest BCUT2D eigenvalue weighted by molar-refractivity contribution is 0.347. The zero-order valence-corrected chi connectivity index (χ0v) is 13.9. The van der Waals surface area contributed by atoms with Crippen LogP contribution in [0.2, 0.25) is 0 Å².